The van der Waals surface area contributed by atoms with Gasteiger partial charge in [-0.1, -0.05) is 0 Å². The number of benzene rings is 1. The van der Waals surface area contributed by atoms with E-state index in [1.165, 1.54) is 31.6 Å². The third-order valence-electron chi connectivity index (χ3n) is 2.77. The Morgan fingerprint density at radius 3 is 2.81 bits per heavy atom. The van der Waals surface area contributed by atoms with E-state index in [0.29, 0.717) is 17.0 Å². The molecule has 0 radical (unpaired) electrons. The van der Waals surface area contributed by atoms with Gasteiger partial charge >= 0.3 is 5.97 Å². The summed E-state index contributed by atoms with van der Waals surface area (Å²) in [6.45, 7) is 0.251. The molecule has 1 aromatic carbocycles. The SMILES string of the molecule is COC(=O)c1coc(CNc2ccc(F)c(C(N)=O)c2)c1. The minimum atomic E-state index is -0.845. The van der Waals surface area contributed by atoms with E-state index in [2.05, 4.69) is 10.1 Å². The Morgan fingerprint density at radius 1 is 1.38 bits per heavy atom. The lowest BCUT2D eigenvalue weighted by atomic mass is 10.1. The van der Waals surface area contributed by atoms with Gasteiger partial charge in [0.15, 0.2) is 0 Å². The van der Waals surface area contributed by atoms with Crippen molar-refractivity contribution in [2.75, 3.05) is 12.4 Å². The second kappa shape index (κ2) is 6.08. The fraction of sp³-hybridized carbons (Fsp3) is 0.143. The van der Waals surface area contributed by atoms with Crippen molar-refractivity contribution in [2.24, 2.45) is 5.73 Å². The fourth-order valence-electron chi connectivity index (χ4n) is 1.71. The largest absolute Gasteiger partial charge is 0.467 e. The number of primary amides is 1. The Balaban J connectivity index is 2.06. The third-order valence-corrected chi connectivity index (χ3v) is 2.77. The highest BCUT2D eigenvalue weighted by molar-refractivity contribution is 5.94. The maximum atomic E-state index is 13.3. The van der Waals surface area contributed by atoms with Crippen molar-refractivity contribution in [2.45, 2.75) is 6.54 Å². The number of carbonyl (C=O) groups is 2. The summed E-state index contributed by atoms with van der Waals surface area (Å²) in [5.74, 6) is -1.54. The minimum absolute atomic E-state index is 0.199. The van der Waals surface area contributed by atoms with Crippen molar-refractivity contribution in [1.29, 1.82) is 0 Å². The summed E-state index contributed by atoms with van der Waals surface area (Å²) in [6, 6.07) is 5.44. The lowest BCUT2D eigenvalue weighted by Gasteiger charge is -2.06. The molecule has 0 atom stereocenters. The molecule has 2 rings (SSSR count). The van der Waals surface area contributed by atoms with Crippen molar-refractivity contribution in [3.05, 3.63) is 53.2 Å². The predicted octanol–water partition coefficient (Wildman–Crippen LogP) is 1.92. The van der Waals surface area contributed by atoms with Crippen LogP contribution in [0.25, 0.3) is 0 Å². The van der Waals surface area contributed by atoms with Crippen LogP contribution in [0, 0.1) is 5.82 Å². The molecule has 0 fully saturated rings. The van der Waals surface area contributed by atoms with Crippen LogP contribution in [0.1, 0.15) is 26.5 Å². The van der Waals surface area contributed by atoms with E-state index < -0.39 is 17.7 Å². The number of carbonyl (C=O) groups excluding carboxylic acids is 2. The molecular formula is C14H13FN2O4. The molecule has 7 heteroatoms. The number of rotatable bonds is 5. The summed E-state index contributed by atoms with van der Waals surface area (Å²) in [6.07, 6.45) is 1.28. The number of halogens is 1. The Labute approximate surface area is 119 Å². The van der Waals surface area contributed by atoms with Gasteiger partial charge in [-0.3, -0.25) is 4.79 Å². The van der Waals surface area contributed by atoms with Crippen LogP contribution < -0.4 is 11.1 Å². The molecular weight excluding hydrogens is 279 g/mol. The Morgan fingerprint density at radius 2 is 2.14 bits per heavy atom. The molecule has 110 valence electrons. The highest BCUT2D eigenvalue weighted by atomic mass is 19.1. The molecule has 0 aliphatic carbocycles. The quantitative estimate of drug-likeness (QED) is 0.821. The summed E-state index contributed by atoms with van der Waals surface area (Å²) >= 11 is 0. The number of nitrogens with one attached hydrogen (secondary N) is 1. The van der Waals surface area contributed by atoms with E-state index in [1.807, 2.05) is 0 Å². The van der Waals surface area contributed by atoms with Gasteiger partial charge in [-0.2, -0.15) is 0 Å². The summed E-state index contributed by atoms with van der Waals surface area (Å²) in [5, 5.41) is 2.93. The predicted molar refractivity (Wildman–Crippen MR) is 72.3 cm³/mol. The van der Waals surface area contributed by atoms with Crippen molar-refractivity contribution >= 4 is 17.6 Å². The molecule has 6 nitrogen and oxygen atoms in total. The van der Waals surface area contributed by atoms with Crippen LogP contribution in [0.2, 0.25) is 0 Å². The summed E-state index contributed by atoms with van der Waals surface area (Å²) in [4.78, 5) is 22.3. The lowest BCUT2D eigenvalue weighted by Crippen LogP contribution is -2.13. The van der Waals surface area contributed by atoms with Crippen molar-refractivity contribution < 1.29 is 23.1 Å². The van der Waals surface area contributed by atoms with Gasteiger partial charge in [0.1, 0.15) is 17.8 Å². The number of nitrogens with two attached hydrogens (primary N) is 1. The number of esters is 1. The fourth-order valence-corrected chi connectivity index (χ4v) is 1.71. The lowest BCUT2D eigenvalue weighted by molar-refractivity contribution is 0.0599. The molecule has 0 spiro atoms. The number of hydrogen-bond acceptors (Lipinski definition) is 5. The van der Waals surface area contributed by atoms with E-state index in [-0.39, 0.29) is 12.1 Å². The molecule has 0 aliphatic heterocycles. The standard InChI is InChI=1S/C14H13FN2O4/c1-20-14(19)8-4-10(21-7-8)6-17-9-2-3-12(15)11(5-9)13(16)18/h2-5,7,17H,6H2,1H3,(H2,16,18). The first-order chi connectivity index (χ1) is 10.0. The molecule has 1 heterocycles. The second-order valence-electron chi connectivity index (χ2n) is 4.21. The van der Waals surface area contributed by atoms with Gasteiger partial charge in [0, 0.05) is 5.69 Å². The van der Waals surface area contributed by atoms with Crippen LogP contribution in [0.5, 0.6) is 0 Å². The minimum Gasteiger partial charge on any atom is -0.467 e. The molecule has 2 aromatic rings. The maximum Gasteiger partial charge on any atom is 0.341 e. The van der Waals surface area contributed by atoms with E-state index in [1.54, 1.807) is 0 Å². The summed E-state index contributed by atoms with van der Waals surface area (Å²) < 4.78 is 23.1. The Bertz CT molecular complexity index is 681. The van der Waals surface area contributed by atoms with Crippen LogP contribution in [-0.4, -0.2) is 19.0 Å². The van der Waals surface area contributed by atoms with Crippen molar-refractivity contribution in [3.8, 4) is 0 Å². The highest BCUT2D eigenvalue weighted by Gasteiger charge is 2.11. The zero-order valence-corrected chi connectivity index (χ0v) is 11.2. The molecule has 0 aliphatic rings. The molecule has 21 heavy (non-hydrogen) atoms. The van der Waals surface area contributed by atoms with Gasteiger partial charge in [0.05, 0.1) is 24.8 Å². The first-order valence-electron chi connectivity index (χ1n) is 6.00. The van der Waals surface area contributed by atoms with Crippen LogP contribution >= 0.6 is 0 Å². The number of methoxy groups -OCH3 is 1. The van der Waals surface area contributed by atoms with Crippen molar-refractivity contribution in [1.82, 2.24) is 0 Å². The first-order valence-corrected chi connectivity index (χ1v) is 6.00. The zero-order chi connectivity index (χ0) is 15.4. The van der Waals surface area contributed by atoms with E-state index in [0.717, 1.165) is 6.07 Å². The van der Waals surface area contributed by atoms with E-state index >= 15 is 0 Å². The number of furan rings is 1. The van der Waals surface area contributed by atoms with Gasteiger partial charge in [0.2, 0.25) is 0 Å². The molecule has 0 bridgehead atoms. The van der Waals surface area contributed by atoms with Gasteiger partial charge in [-0.05, 0) is 24.3 Å². The third kappa shape index (κ3) is 3.38. The van der Waals surface area contributed by atoms with Gasteiger partial charge < -0.3 is 20.2 Å². The number of amides is 1. The Kier molecular flexibility index (Phi) is 4.22. The average molecular weight is 292 g/mol. The molecule has 1 amide bonds. The number of anilines is 1. The van der Waals surface area contributed by atoms with E-state index in [4.69, 9.17) is 10.2 Å². The second-order valence-corrected chi connectivity index (χ2v) is 4.21. The highest BCUT2D eigenvalue weighted by Crippen LogP contribution is 2.16. The van der Waals surface area contributed by atoms with Crippen molar-refractivity contribution in [3.63, 3.8) is 0 Å². The average Bonchev–Trinajstić information content (AvgIpc) is 2.94. The normalized spacial score (nSPS) is 10.2. The number of ether oxygens (including phenoxy) is 1. The monoisotopic (exact) mass is 292 g/mol. The maximum absolute atomic E-state index is 13.3. The molecule has 1 aromatic heterocycles. The van der Waals surface area contributed by atoms with Crippen LogP contribution in [0.15, 0.2) is 34.9 Å². The van der Waals surface area contributed by atoms with Crippen LogP contribution in [0.4, 0.5) is 10.1 Å². The zero-order valence-electron chi connectivity index (χ0n) is 11.2. The molecule has 0 saturated heterocycles. The van der Waals surface area contributed by atoms with Crippen LogP contribution in [-0.2, 0) is 11.3 Å². The smallest absolute Gasteiger partial charge is 0.341 e. The summed E-state index contributed by atoms with van der Waals surface area (Å²) in [7, 11) is 1.27. The first kappa shape index (κ1) is 14.6. The molecule has 0 saturated carbocycles. The van der Waals surface area contributed by atoms with Gasteiger partial charge in [-0.25, -0.2) is 9.18 Å². The van der Waals surface area contributed by atoms with Gasteiger partial charge in [-0.15, -0.1) is 0 Å². The molecule has 3 N–H and O–H groups in total. The van der Waals surface area contributed by atoms with Crippen LogP contribution in [0.3, 0.4) is 0 Å². The van der Waals surface area contributed by atoms with Gasteiger partial charge in [0.25, 0.3) is 5.91 Å². The topological polar surface area (TPSA) is 94.6 Å². The summed E-state index contributed by atoms with van der Waals surface area (Å²) in [5.41, 5.74) is 5.67. The number of hydrogen-bond donors (Lipinski definition) is 2. The Hall–Kier alpha value is -2.83. The van der Waals surface area contributed by atoms with E-state index in [9.17, 15) is 14.0 Å². The molecule has 0 unspecified atom stereocenters.